The molecular formula is C55H38N2. The summed E-state index contributed by atoms with van der Waals surface area (Å²) in [7, 11) is 0. The first-order chi connectivity index (χ1) is 28.0. The molecule has 1 aromatic heterocycles. The Kier molecular flexibility index (Phi) is 7.55. The molecular weight excluding hydrogens is 689 g/mol. The van der Waals surface area contributed by atoms with Crippen molar-refractivity contribution >= 4 is 32.3 Å². The summed E-state index contributed by atoms with van der Waals surface area (Å²) in [6.07, 6.45) is 0. The van der Waals surface area contributed by atoms with Crippen LogP contribution in [0.5, 0.6) is 0 Å². The van der Waals surface area contributed by atoms with Crippen LogP contribution in [0.15, 0.2) is 194 Å². The van der Waals surface area contributed by atoms with Gasteiger partial charge in [-0.1, -0.05) is 190 Å². The number of hydrogen-bond donors (Lipinski definition) is 0. The molecule has 0 N–H and O–H groups in total. The van der Waals surface area contributed by atoms with Gasteiger partial charge in [0.1, 0.15) is 0 Å². The summed E-state index contributed by atoms with van der Waals surface area (Å²) < 4.78 is 0. The van der Waals surface area contributed by atoms with Gasteiger partial charge < -0.3 is 0 Å². The van der Waals surface area contributed by atoms with Gasteiger partial charge in [0, 0.05) is 22.1 Å². The Labute approximate surface area is 332 Å². The number of fused-ring (bicyclic) bond motifs is 7. The lowest BCUT2D eigenvalue weighted by atomic mass is 9.78. The number of nitrogens with zero attached hydrogens (tertiary/aromatic N) is 2. The van der Waals surface area contributed by atoms with E-state index >= 15 is 0 Å². The maximum atomic E-state index is 5.43. The van der Waals surface area contributed by atoms with Gasteiger partial charge in [0.15, 0.2) is 5.82 Å². The molecule has 1 aliphatic rings. The topological polar surface area (TPSA) is 25.8 Å². The summed E-state index contributed by atoms with van der Waals surface area (Å²) in [6.45, 7) is 4.76. The summed E-state index contributed by atoms with van der Waals surface area (Å²) >= 11 is 0. The fraction of sp³-hybridized carbons (Fsp3) is 0.0545. The zero-order valence-electron chi connectivity index (χ0n) is 31.9. The molecule has 0 fully saturated rings. The third-order valence-corrected chi connectivity index (χ3v) is 12.1. The molecule has 0 amide bonds. The van der Waals surface area contributed by atoms with Crippen molar-refractivity contribution in [3.8, 4) is 67.3 Å². The first-order valence-electron chi connectivity index (χ1n) is 19.7. The molecule has 10 aromatic rings. The lowest BCUT2D eigenvalue weighted by molar-refractivity contribution is 0.662. The molecule has 2 heteroatoms. The van der Waals surface area contributed by atoms with Crippen LogP contribution >= 0.6 is 0 Å². The van der Waals surface area contributed by atoms with Gasteiger partial charge in [-0.15, -0.1) is 0 Å². The third kappa shape index (κ3) is 5.33. The summed E-state index contributed by atoms with van der Waals surface area (Å²) in [5.41, 5.74) is 15.0. The van der Waals surface area contributed by atoms with E-state index in [9.17, 15) is 0 Å². The van der Waals surface area contributed by atoms with Crippen molar-refractivity contribution in [2.45, 2.75) is 19.3 Å². The number of aromatic nitrogens is 2. The summed E-state index contributed by atoms with van der Waals surface area (Å²) in [5, 5.41) is 7.35. The van der Waals surface area contributed by atoms with Crippen LogP contribution in [0.25, 0.3) is 99.6 Å². The van der Waals surface area contributed by atoms with Gasteiger partial charge in [-0.2, -0.15) is 0 Å². The Balaban J connectivity index is 1.11. The lowest BCUT2D eigenvalue weighted by Crippen LogP contribution is -2.16. The molecule has 2 nitrogen and oxygen atoms in total. The molecule has 57 heavy (non-hydrogen) atoms. The molecule has 0 unspecified atom stereocenters. The normalized spacial score (nSPS) is 12.9. The highest BCUT2D eigenvalue weighted by atomic mass is 14.9. The Morgan fingerprint density at radius 1 is 0.351 bits per heavy atom. The molecule has 0 radical (unpaired) electrons. The molecule has 268 valence electrons. The predicted octanol–water partition coefficient (Wildman–Crippen LogP) is 14.6. The molecule has 0 spiro atoms. The van der Waals surface area contributed by atoms with Gasteiger partial charge in [-0.05, 0) is 95.0 Å². The Hall–Kier alpha value is -7.16. The third-order valence-electron chi connectivity index (χ3n) is 12.1. The molecule has 0 atom stereocenters. The monoisotopic (exact) mass is 726 g/mol. The van der Waals surface area contributed by atoms with E-state index in [1.165, 1.54) is 60.3 Å². The molecule has 0 saturated heterocycles. The molecule has 1 heterocycles. The van der Waals surface area contributed by atoms with E-state index in [0.717, 1.165) is 44.6 Å². The van der Waals surface area contributed by atoms with Crippen LogP contribution in [0.2, 0.25) is 0 Å². The van der Waals surface area contributed by atoms with Crippen LogP contribution in [-0.2, 0) is 5.41 Å². The molecule has 0 bridgehead atoms. The quantitative estimate of drug-likeness (QED) is 0.176. The average Bonchev–Trinajstić information content (AvgIpc) is 3.52. The second kappa shape index (κ2) is 13.0. The molecule has 1 aliphatic carbocycles. The Bertz CT molecular complexity index is 3210. The second-order valence-corrected chi connectivity index (χ2v) is 15.7. The first-order valence-corrected chi connectivity index (χ1v) is 19.7. The van der Waals surface area contributed by atoms with Crippen LogP contribution in [0.4, 0.5) is 0 Å². The van der Waals surface area contributed by atoms with E-state index < -0.39 is 0 Å². The maximum absolute atomic E-state index is 5.43. The maximum Gasteiger partial charge on any atom is 0.161 e. The fourth-order valence-corrected chi connectivity index (χ4v) is 9.38. The highest BCUT2D eigenvalue weighted by molar-refractivity contribution is 6.08. The zero-order valence-corrected chi connectivity index (χ0v) is 31.9. The van der Waals surface area contributed by atoms with Crippen molar-refractivity contribution in [1.82, 2.24) is 9.97 Å². The highest BCUT2D eigenvalue weighted by Gasteiger charge is 2.38. The van der Waals surface area contributed by atoms with Crippen molar-refractivity contribution in [3.63, 3.8) is 0 Å². The molecule has 0 saturated carbocycles. The van der Waals surface area contributed by atoms with Gasteiger partial charge in [0.05, 0.1) is 11.4 Å². The molecule has 9 aromatic carbocycles. The summed E-state index contributed by atoms with van der Waals surface area (Å²) in [4.78, 5) is 10.7. The van der Waals surface area contributed by atoms with Crippen molar-refractivity contribution in [2.75, 3.05) is 0 Å². The largest absolute Gasteiger partial charge is 0.228 e. The lowest BCUT2D eigenvalue weighted by Gasteiger charge is -2.25. The van der Waals surface area contributed by atoms with Gasteiger partial charge in [-0.25, -0.2) is 9.97 Å². The number of hydrogen-bond acceptors (Lipinski definition) is 2. The van der Waals surface area contributed by atoms with E-state index in [1.807, 2.05) is 0 Å². The minimum absolute atomic E-state index is 0.175. The van der Waals surface area contributed by atoms with E-state index in [4.69, 9.17) is 9.97 Å². The SMILES string of the molecule is CC1(C)c2ccc3ccccc3c2-c2cccc(-c3ccc(-c4nc(-c5ccccc5)cc(-c5ccccc5-c5ccc6ccccc6c5)n4)c4ccccc34)c21. The molecule has 0 aliphatic heterocycles. The van der Waals surface area contributed by atoms with Crippen LogP contribution < -0.4 is 0 Å². The van der Waals surface area contributed by atoms with Crippen LogP contribution in [-0.4, -0.2) is 9.97 Å². The highest BCUT2D eigenvalue weighted by Crippen LogP contribution is 2.55. The van der Waals surface area contributed by atoms with Gasteiger partial charge in [-0.3, -0.25) is 0 Å². The second-order valence-electron chi connectivity index (χ2n) is 15.7. The average molecular weight is 727 g/mol. The standard InChI is InChI=1S/C55H38N2/c1-55(2)49-32-29-36-16-8-9-21-41(36)52(49)48-26-14-25-46(53(48)55)44-30-31-47(43-23-12-11-22-42(43)44)54-56-50(37-17-4-3-5-18-37)34-51(57-54)45-24-13-10-20-40(45)39-28-27-35-15-6-7-19-38(35)33-39/h3-34H,1-2H3. The van der Waals surface area contributed by atoms with Crippen LogP contribution in [0.3, 0.4) is 0 Å². The number of benzene rings is 9. The van der Waals surface area contributed by atoms with Gasteiger partial charge in [0.2, 0.25) is 0 Å². The molecule has 11 rings (SSSR count). The minimum atomic E-state index is -0.175. The van der Waals surface area contributed by atoms with Gasteiger partial charge in [0.25, 0.3) is 0 Å². The van der Waals surface area contributed by atoms with Crippen LogP contribution in [0.1, 0.15) is 25.0 Å². The van der Waals surface area contributed by atoms with Gasteiger partial charge >= 0.3 is 0 Å². The summed E-state index contributed by atoms with van der Waals surface area (Å²) in [5.74, 6) is 0.708. The minimum Gasteiger partial charge on any atom is -0.228 e. The Morgan fingerprint density at radius 2 is 0.947 bits per heavy atom. The fourth-order valence-electron chi connectivity index (χ4n) is 9.38. The zero-order chi connectivity index (χ0) is 38.1. The first kappa shape index (κ1) is 33.2. The van der Waals surface area contributed by atoms with Crippen LogP contribution in [0, 0.1) is 0 Å². The number of rotatable bonds is 5. The van der Waals surface area contributed by atoms with Crippen molar-refractivity contribution in [3.05, 3.63) is 205 Å². The van der Waals surface area contributed by atoms with E-state index in [2.05, 4.69) is 208 Å². The van der Waals surface area contributed by atoms with E-state index in [1.54, 1.807) is 0 Å². The van der Waals surface area contributed by atoms with E-state index in [-0.39, 0.29) is 5.41 Å². The van der Waals surface area contributed by atoms with E-state index in [0.29, 0.717) is 5.82 Å². The summed E-state index contributed by atoms with van der Waals surface area (Å²) in [6, 6.07) is 70.0. The van der Waals surface area contributed by atoms with Crippen molar-refractivity contribution in [2.24, 2.45) is 0 Å². The smallest absolute Gasteiger partial charge is 0.161 e. The predicted molar refractivity (Wildman–Crippen MR) is 239 cm³/mol. The van der Waals surface area contributed by atoms with Crippen molar-refractivity contribution < 1.29 is 0 Å². The Morgan fingerprint density at radius 3 is 1.77 bits per heavy atom. The van der Waals surface area contributed by atoms with Crippen molar-refractivity contribution in [1.29, 1.82) is 0 Å².